The molecule has 1 aromatic rings. The second kappa shape index (κ2) is 7.13. The van der Waals surface area contributed by atoms with Gasteiger partial charge in [-0.3, -0.25) is 4.90 Å². The van der Waals surface area contributed by atoms with Gasteiger partial charge in [0.25, 0.3) is 0 Å². The summed E-state index contributed by atoms with van der Waals surface area (Å²) in [6.07, 6.45) is 6.18. The molecular formula is C21H30N2S. The van der Waals surface area contributed by atoms with Gasteiger partial charge in [0.15, 0.2) is 0 Å². The summed E-state index contributed by atoms with van der Waals surface area (Å²) < 4.78 is 0. The van der Waals surface area contributed by atoms with E-state index in [2.05, 4.69) is 60.2 Å². The van der Waals surface area contributed by atoms with Crippen molar-refractivity contribution in [3.05, 3.63) is 41.1 Å². The van der Waals surface area contributed by atoms with Crippen LogP contribution in [0.15, 0.2) is 24.4 Å². The van der Waals surface area contributed by atoms with Gasteiger partial charge in [0.1, 0.15) is 0 Å². The molecule has 0 amide bonds. The van der Waals surface area contributed by atoms with E-state index >= 15 is 0 Å². The fraction of sp³-hybridized carbons (Fsp3) is 0.619. The number of rotatable bonds is 5. The molecule has 1 aromatic carbocycles. The lowest BCUT2D eigenvalue weighted by atomic mass is 9.69. The zero-order chi connectivity index (χ0) is 16.5. The molecule has 3 aliphatic rings. The highest BCUT2D eigenvalue weighted by Crippen LogP contribution is 2.48. The van der Waals surface area contributed by atoms with Crippen LogP contribution >= 0.6 is 11.8 Å². The maximum absolute atomic E-state index is 3.50. The van der Waals surface area contributed by atoms with E-state index in [9.17, 15) is 0 Å². The number of fused-ring (bicyclic) bond motifs is 2. The van der Waals surface area contributed by atoms with E-state index in [1.54, 1.807) is 16.7 Å². The molecule has 2 aliphatic heterocycles. The van der Waals surface area contributed by atoms with Crippen molar-refractivity contribution in [3.63, 3.8) is 0 Å². The van der Waals surface area contributed by atoms with Gasteiger partial charge in [0.2, 0.25) is 0 Å². The Kier molecular flexibility index (Phi) is 4.91. The van der Waals surface area contributed by atoms with Crippen LogP contribution in [0.1, 0.15) is 55.7 Å². The minimum absolute atomic E-state index is 0.710. The lowest BCUT2D eigenvalue weighted by Crippen LogP contribution is -2.50. The first-order chi connectivity index (χ1) is 11.8. The van der Waals surface area contributed by atoms with Crippen molar-refractivity contribution in [2.45, 2.75) is 51.6 Å². The van der Waals surface area contributed by atoms with Crippen molar-refractivity contribution in [2.75, 3.05) is 24.6 Å². The van der Waals surface area contributed by atoms with Gasteiger partial charge in [-0.05, 0) is 65.5 Å². The number of hydrogen-bond donors (Lipinski definition) is 1. The van der Waals surface area contributed by atoms with Crippen LogP contribution in [0.5, 0.6) is 0 Å². The molecule has 0 spiro atoms. The summed E-state index contributed by atoms with van der Waals surface area (Å²) in [7, 11) is 0. The molecule has 1 aliphatic carbocycles. The fourth-order valence-electron chi connectivity index (χ4n) is 5.08. The summed E-state index contributed by atoms with van der Waals surface area (Å²) in [5.41, 5.74) is 6.30. The molecule has 3 unspecified atom stereocenters. The zero-order valence-electron chi connectivity index (χ0n) is 15.1. The normalized spacial score (nSPS) is 28.6. The second-order valence-electron chi connectivity index (χ2n) is 7.57. The molecule has 2 heterocycles. The topological polar surface area (TPSA) is 15.3 Å². The summed E-state index contributed by atoms with van der Waals surface area (Å²) in [5, 5.41) is 3.50. The molecule has 1 N–H and O–H groups in total. The standard InChI is InChI=1S/C21H30N2S/c1-3-8-23-13-15(14-24-4-2)9-19-18-7-5-6-16-11-22-12-17(21(16)18)10-20(19)23/h5-7,12,15,19-20,22H,3-4,8-11,13-14H2,1-2H3. The Bertz CT molecular complexity index is 624. The molecule has 3 heteroatoms. The Morgan fingerprint density at radius 2 is 2.21 bits per heavy atom. The van der Waals surface area contributed by atoms with Crippen LogP contribution in [0, 0.1) is 5.92 Å². The van der Waals surface area contributed by atoms with E-state index in [0.717, 1.165) is 18.4 Å². The van der Waals surface area contributed by atoms with E-state index in [0.29, 0.717) is 6.04 Å². The van der Waals surface area contributed by atoms with Crippen molar-refractivity contribution in [3.8, 4) is 0 Å². The van der Waals surface area contributed by atoms with E-state index in [4.69, 9.17) is 0 Å². The number of hydrogen-bond acceptors (Lipinski definition) is 3. The van der Waals surface area contributed by atoms with Crippen molar-refractivity contribution < 1.29 is 0 Å². The van der Waals surface area contributed by atoms with Crippen molar-refractivity contribution >= 4 is 17.3 Å². The van der Waals surface area contributed by atoms with Crippen LogP contribution in [0.25, 0.3) is 5.57 Å². The molecule has 0 saturated carbocycles. The minimum atomic E-state index is 0.710. The predicted molar refractivity (Wildman–Crippen MR) is 105 cm³/mol. The van der Waals surface area contributed by atoms with Crippen molar-refractivity contribution in [1.29, 1.82) is 0 Å². The molecule has 3 atom stereocenters. The van der Waals surface area contributed by atoms with Gasteiger partial charge in [-0.2, -0.15) is 11.8 Å². The molecule has 1 saturated heterocycles. The SMILES string of the molecule is CCCN1CC(CSCC)CC2c3cccc4c3C(=CNC4)CC21. The highest BCUT2D eigenvalue weighted by molar-refractivity contribution is 7.99. The van der Waals surface area contributed by atoms with Gasteiger partial charge in [0.05, 0.1) is 0 Å². The first-order valence-electron chi connectivity index (χ1n) is 9.68. The van der Waals surface area contributed by atoms with E-state index in [1.165, 1.54) is 49.4 Å². The van der Waals surface area contributed by atoms with Crippen LogP contribution in [-0.2, 0) is 6.54 Å². The molecular weight excluding hydrogens is 312 g/mol. The maximum atomic E-state index is 3.50. The summed E-state index contributed by atoms with van der Waals surface area (Å²) in [6.45, 7) is 8.17. The maximum Gasteiger partial charge on any atom is 0.0401 e. The number of likely N-dealkylation sites (tertiary alicyclic amines) is 1. The van der Waals surface area contributed by atoms with Gasteiger partial charge >= 0.3 is 0 Å². The molecule has 4 rings (SSSR count). The number of nitrogens with one attached hydrogen (secondary N) is 1. The Hall–Kier alpha value is -0.930. The van der Waals surface area contributed by atoms with Crippen molar-refractivity contribution in [2.24, 2.45) is 5.92 Å². The average Bonchev–Trinajstić information content (AvgIpc) is 2.61. The molecule has 0 radical (unpaired) electrons. The van der Waals surface area contributed by atoms with Crippen LogP contribution in [0.4, 0.5) is 0 Å². The van der Waals surface area contributed by atoms with Crippen molar-refractivity contribution in [1.82, 2.24) is 10.2 Å². The Morgan fingerprint density at radius 3 is 3.04 bits per heavy atom. The largest absolute Gasteiger partial charge is 0.387 e. The van der Waals surface area contributed by atoms with E-state index < -0.39 is 0 Å². The first kappa shape index (κ1) is 16.5. The Labute approximate surface area is 151 Å². The van der Waals surface area contributed by atoms with E-state index in [1.807, 2.05) is 0 Å². The lowest BCUT2D eigenvalue weighted by Gasteiger charge is -2.49. The Balaban J connectivity index is 1.69. The minimum Gasteiger partial charge on any atom is -0.387 e. The third-order valence-corrected chi connectivity index (χ3v) is 7.10. The lowest BCUT2D eigenvalue weighted by molar-refractivity contribution is 0.0941. The second-order valence-corrected chi connectivity index (χ2v) is 8.88. The summed E-state index contributed by atoms with van der Waals surface area (Å²) >= 11 is 2.13. The average molecular weight is 343 g/mol. The molecule has 0 aromatic heterocycles. The van der Waals surface area contributed by atoms with Gasteiger partial charge < -0.3 is 5.32 Å². The monoisotopic (exact) mass is 342 g/mol. The van der Waals surface area contributed by atoms with Crippen LogP contribution < -0.4 is 5.32 Å². The molecule has 24 heavy (non-hydrogen) atoms. The van der Waals surface area contributed by atoms with Crippen LogP contribution in [0.3, 0.4) is 0 Å². The van der Waals surface area contributed by atoms with Crippen LogP contribution in [0.2, 0.25) is 0 Å². The van der Waals surface area contributed by atoms with Gasteiger partial charge in [-0.1, -0.05) is 32.0 Å². The Morgan fingerprint density at radius 1 is 1.29 bits per heavy atom. The quantitative estimate of drug-likeness (QED) is 0.850. The van der Waals surface area contributed by atoms with E-state index in [-0.39, 0.29) is 0 Å². The smallest absolute Gasteiger partial charge is 0.0401 e. The summed E-state index contributed by atoms with van der Waals surface area (Å²) in [5.74, 6) is 4.17. The van der Waals surface area contributed by atoms with Crippen LogP contribution in [-0.4, -0.2) is 35.5 Å². The number of piperidine rings is 1. The third kappa shape index (κ3) is 2.90. The number of benzene rings is 1. The molecule has 130 valence electrons. The molecule has 2 nitrogen and oxygen atoms in total. The third-order valence-electron chi connectivity index (χ3n) is 5.98. The fourth-order valence-corrected chi connectivity index (χ4v) is 5.89. The van der Waals surface area contributed by atoms with Gasteiger partial charge in [0, 0.05) is 31.2 Å². The first-order valence-corrected chi connectivity index (χ1v) is 10.8. The highest BCUT2D eigenvalue weighted by atomic mass is 32.2. The summed E-state index contributed by atoms with van der Waals surface area (Å²) in [4.78, 5) is 2.82. The van der Waals surface area contributed by atoms with Gasteiger partial charge in [-0.15, -0.1) is 0 Å². The number of nitrogens with zero attached hydrogens (tertiary/aromatic N) is 1. The molecule has 0 bridgehead atoms. The molecule has 1 fully saturated rings. The summed E-state index contributed by atoms with van der Waals surface area (Å²) in [6, 6.07) is 7.74. The van der Waals surface area contributed by atoms with Gasteiger partial charge in [-0.25, -0.2) is 0 Å². The highest BCUT2D eigenvalue weighted by Gasteiger charge is 2.41. The predicted octanol–water partition coefficient (Wildman–Crippen LogP) is 4.47. The number of thioether (sulfide) groups is 1. The zero-order valence-corrected chi connectivity index (χ0v) is 15.9.